The van der Waals surface area contributed by atoms with E-state index < -0.39 is 24.0 Å². The first-order chi connectivity index (χ1) is 8.97. The molecule has 0 amide bonds. The van der Waals surface area contributed by atoms with Crippen LogP contribution in [0.15, 0.2) is 24.3 Å². The number of ketones is 1. The van der Waals surface area contributed by atoms with Crippen molar-refractivity contribution in [3.05, 3.63) is 35.7 Å². The molecule has 0 aromatic heterocycles. The minimum Gasteiger partial charge on any atom is -0.497 e. The van der Waals surface area contributed by atoms with Gasteiger partial charge in [-0.15, -0.1) is 0 Å². The second-order valence-electron chi connectivity index (χ2n) is 3.66. The summed E-state index contributed by atoms with van der Waals surface area (Å²) in [5.74, 6) is -1.42. The van der Waals surface area contributed by atoms with Crippen LogP contribution in [0.1, 0.15) is 12.0 Å². The molecule has 1 aromatic rings. The zero-order valence-corrected chi connectivity index (χ0v) is 10.6. The minimum absolute atomic E-state index is 0.0394. The molecule has 102 valence electrons. The number of hydrogen-bond acceptors (Lipinski definition) is 5. The van der Waals surface area contributed by atoms with Gasteiger partial charge in [-0.3, -0.25) is 9.59 Å². The Kier molecular flexibility index (Phi) is 5.05. The molecule has 0 saturated heterocycles. The molecule has 6 heteroatoms. The maximum Gasteiger partial charge on any atom is 0.313 e. The van der Waals surface area contributed by atoms with E-state index in [4.69, 9.17) is 10.5 Å². The molecule has 2 N–H and O–H groups in total. The lowest BCUT2D eigenvalue weighted by Crippen LogP contribution is -2.09. The number of hydrogen-bond donors (Lipinski definition) is 1. The van der Waals surface area contributed by atoms with Crippen LogP contribution in [0.2, 0.25) is 0 Å². The van der Waals surface area contributed by atoms with Gasteiger partial charge in [0, 0.05) is 17.3 Å². The summed E-state index contributed by atoms with van der Waals surface area (Å²) in [6.07, 6.45) is 0.553. The monoisotopic (exact) mass is 267 g/mol. The quantitative estimate of drug-likeness (QED) is 0.493. The van der Waals surface area contributed by atoms with Crippen molar-refractivity contribution in [2.75, 3.05) is 14.2 Å². The predicted octanol–water partition coefficient (Wildman–Crippen LogP) is 1.27. The van der Waals surface area contributed by atoms with E-state index in [1.807, 2.05) is 0 Å². The molecule has 0 bridgehead atoms. The van der Waals surface area contributed by atoms with Gasteiger partial charge in [-0.1, -0.05) is 0 Å². The molecule has 0 aliphatic rings. The van der Waals surface area contributed by atoms with E-state index >= 15 is 0 Å². The fraction of sp³-hybridized carbons (Fsp3) is 0.231. The summed E-state index contributed by atoms with van der Waals surface area (Å²) in [7, 11) is 2.60. The third kappa shape index (κ3) is 4.09. The molecule has 0 saturated carbocycles. The van der Waals surface area contributed by atoms with Crippen LogP contribution in [-0.2, 0) is 14.3 Å². The van der Waals surface area contributed by atoms with E-state index in [1.165, 1.54) is 32.4 Å². The molecule has 0 fully saturated rings. The Bertz CT molecular complexity index is 525. The van der Waals surface area contributed by atoms with Crippen LogP contribution < -0.4 is 10.5 Å². The van der Waals surface area contributed by atoms with Crippen molar-refractivity contribution in [3.63, 3.8) is 0 Å². The van der Waals surface area contributed by atoms with E-state index in [1.54, 1.807) is 0 Å². The Labute approximate surface area is 109 Å². The number of allylic oxidation sites excluding steroid dienone is 1. The highest BCUT2D eigenvalue weighted by Gasteiger charge is 2.11. The van der Waals surface area contributed by atoms with E-state index in [2.05, 4.69) is 4.74 Å². The van der Waals surface area contributed by atoms with Crippen molar-refractivity contribution in [2.24, 2.45) is 5.73 Å². The summed E-state index contributed by atoms with van der Waals surface area (Å²) in [5.41, 5.74) is 5.59. The standard InChI is InChI=1S/C13H14FNO4/c1-18-9-3-4-11(14)10(7-9)12(15)5-8(16)6-13(17)19-2/h3-5,7H,6,15H2,1-2H3. The van der Waals surface area contributed by atoms with Crippen molar-refractivity contribution in [1.29, 1.82) is 0 Å². The van der Waals surface area contributed by atoms with Crippen LogP contribution >= 0.6 is 0 Å². The fourth-order valence-electron chi connectivity index (χ4n) is 1.37. The van der Waals surface area contributed by atoms with Gasteiger partial charge in [-0.2, -0.15) is 0 Å². The minimum atomic E-state index is -0.680. The zero-order chi connectivity index (χ0) is 14.4. The molecule has 0 atom stereocenters. The lowest BCUT2D eigenvalue weighted by molar-refractivity contribution is -0.142. The number of benzene rings is 1. The van der Waals surface area contributed by atoms with Crippen molar-refractivity contribution in [2.45, 2.75) is 6.42 Å². The first kappa shape index (κ1) is 14.7. The molecule has 0 aliphatic heterocycles. The Balaban J connectivity index is 2.95. The first-order valence-electron chi connectivity index (χ1n) is 5.38. The lowest BCUT2D eigenvalue weighted by Gasteiger charge is -2.06. The smallest absolute Gasteiger partial charge is 0.313 e. The zero-order valence-electron chi connectivity index (χ0n) is 10.6. The van der Waals surface area contributed by atoms with Gasteiger partial charge in [-0.05, 0) is 18.2 Å². The van der Waals surface area contributed by atoms with Gasteiger partial charge < -0.3 is 15.2 Å². The second-order valence-corrected chi connectivity index (χ2v) is 3.66. The topological polar surface area (TPSA) is 78.6 Å². The summed E-state index contributed by atoms with van der Waals surface area (Å²) >= 11 is 0. The first-order valence-corrected chi connectivity index (χ1v) is 5.38. The molecule has 5 nitrogen and oxygen atoms in total. The average Bonchev–Trinajstić information content (AvgIpc) is 2.38. The highest BCUT2D eigenvalue weighted by molar-refractivity contribution is 6.05. The molecule has 1 rings (SSSR count). The molecular formula is C13H14FNO4. The Morgan fingerprint density at radius 1 is 1.37 bits per heavy atom. The van der Waals surface area contributed by atoms with Crippen LogP contribution in [0, 0.1) is 5.82 Å². The van der Waals surface area contributed by atoms with Gasteiger partial charge >= 0.3 is 5.97 Å². The average molecular weight is 267 g/mol. The van der Waals surface area contributed by atoms with Gasteiger partial charge in [-0.25, -0.2) is 4.39 Å². The number of carbonyl (C=O) groups excluding carboxylic acids is 2. The fourth-order valence-corrected chi connectivity index (χ4v) is 1.37. The number of ether oxygens (including phenoxy) is 2. The summed E-state index contributed by atoms with van der Waals surface area (Å²) in [4.78, 5) is 22.4. The summed E-state index contributed by atoms with van der Waals surface area (Å²) in [5, 5.41) is 0. The van der Waals surface area contributed by atoms with Crippen LogP contribution in [0.25, 0.3) is 5.70 Å². The third-order valence-corrected chi connectivity index (χ3v) is 2.35. The highest BCUT2D eigenvalue weighted by atomic mass is 19.1. The van der Waals surface area contributed by atoms with Gasteiger partial charge in [0.1, 0.15) is 18.0 Å². The van der Waals surface area contributed by atoms with Crippen LogP contribution in [0.4, 0.5) is 4.39 Å². The van der Waals surface area contributed by atoms with E-state index in [-0.39, 0.29) is 11.3 Å². The normalized spacial score (nSPS) is 11.0. The van der Waals surface area contributed by atoms with Crippen LogP contribution in [0.3, 0.4) is 0 Å². The number of rotatable bonds is 5. The Hall–Kier alpha value is -2.37. The van der Waals surface area contributed by atoms with Crippen molar-refractivity contribution in [1.82, 2.24) is 0 Å². The van der Waals surface area contributed by atoms with Crippen molar-refractivity contribution in [3.8, 4) is 5.75 Å². The number of methoxy groups -OCH3 is 2. The van der Waals surface area contributed by atoms with Gasteiger partial charge in [0.25, 0.3) is 0 Å². The van der Waals surface area contributed by atoms with Crippen LogP contribution in [-0.4, -0.2) is 26.0 Å². The lowest BCUT2D eigenvalue weighted by atomic mass is 10.1. The summed E-state index contributed by atoms with van der Waals surface area (Å²) < 4.78 is 22.8. The molecule has 0 spiro atoms. The number of halogens is 1. The predicted molar refractivity (Wildman–Crippen MR) is 66.8 cm³/mol. The maximum absolute atomic E-state index is 13.6. The second kappa shape index (κ2) is 6.53. The summed E-state index contributed by atoms with van der Waals surface area (Å²) in [6.45, 7) is 0. The molecule has 0 aliphatic carbocycles. The molecule has 0 unspecified atom stereocenters. The van der Waals surface area contributed by atoms with Gasteiger partial charge in [0.15, 0.2) is 5.78 Å². The van der Waals surface area contributed by atoms with Gasteiger partial charge in [0.2, 0.25) is 0 Å². The Morgan fingerprint density at radius 3 is 2.63 bits per heavy atom. The van der Waals surface area contributed by atoms with E-state index in [0.29, 0.717) is 5.75 Å². The summed E-state index contributed by atoms with van der Waals surface area (Å²) in [6, 6.07) is 3.98. The molecule has 0 radical (unpaired) electrons. The highest BCUT2D eigenvalue weighted by Crippen LogP contribution is 2.20. The van der Waals surface area contributed by atoms with E-state index in [9.17, 15) is 14.0 Å². The molecule has 1 aromatic carbocycles. The van der Waals surface area contributed by atoms with Crippen molar-refractivity contribution < 1.29 is 23.5 Å². The van der Waals surface area contributed by atoms with Crippen LogP contribution in [0.5, 0.6) is 5.75 Å². The number of nitrogens with two attached hydrogens (primary N) is 1. The van der Waals surface area contributed by atoms with Gasteiger partial charge in [0.05, 0.1) is 14.2 Å². The number of esters is 1. The van der Waals surface area contributed by atoms with Crippen molar-refractivity contribution >= 4 is 17.4 Å². The molecular weight excluding hydrogens is 253 g/mol. The molecule has 19 heavy (non-hydrogen) atoms. The Morgan fingerprint density at radius 2 is 2.05 bits per heavy atom. The third-order valence-electron chi connectivity index (χ3n) is 2.35. The largest absolute Gasteiger partial charge is 0.497 e. The maximum atomic E-state index is 13.6. The molecule has 0 heterocycles. The number of carbonyl (C=O) groups is 2. The SMILES string of the molecule is COC(=O)CC(=O)C=C(N)c1cc(OC)ccc1F. The van der Waals surface area contributed by atoms with E-state index in [0.717, 1.165) is 6.08 Å².